The van der Waals surface area contributed by atoms with Gasteiger partial charge in [0, 0.05) is 12.5 Å². The highest BCUT2D eigenvalue weighted by molar-refractivity contribution is 6.78. The summed E-state index contributed by atoms with van der Waals surface area (Å²) in [7, 11) is -5.06. The van der Waals surface area contributed by atoms with Crippen LogP contribution in [0.4, 0.5) is 0 Å². The molecule has 0 heterocycles. The topological polar surface area (TPSA) is 54.0 Å². The number of ether oxygens (including phenoxy) is 1. The summed E-state index contributed by atoms with van der Waals surface area (Å²) in [6, 6.07) is 11.1. The van der Waals surface area contributed by atoms with Crippen molar-refractivity contribution in [1.82, 2.24) is 0 Å². The monoisotopic (exact) mass is 873 g/mol. The number of hydrogen-bond acceptors (Lipinski definition) is 5. The van der Waals surface area contributed by atoms with Crippen LogP contribution in [0, 0.1) is 11.8 Å². The number of carbonyl (C=O) groups is 1. The van der Waals surface area contributed by atoms with Gasteiger partial charge in [-0.3, -0.25) is 4.79 Å². The van der Waals surface area contributed by atoms with E-state index in [0.717, 1.165) is 51.4 Å². The van der Waals surface area contributed by atoms with Crippen LogP contribution in [-0.4, -0.2) is 56.3 Å². The SMILES string of the molecule is COC(=O)CCCC=CC[C@@H]1[C@@H](CCC(CCc2ccccc2)O[Si](C(C)C)(C(C)C)C(C)C)[C@H](O[Si](C(C)C)(C(C)C)C(C)C)C[C@@H]1O[Si](C(C)C)(C(C)C)C(C)C. The van der Waals surface area contributed by atoms with Gasteiger partial charge in [0.15, 0.2) is 0 Å². The zero-order valence-electron chi connectivity index (χ0n) is 42.0. The van der Waals surface area contributed by atoms with Crippen LogP contribution in [-0.2, 0) is 29.2 Å². The van der Waals surface area contributed by atoms with Crippen LogP contribution < -0.4 is 0 Å². The van der Waals surface area contributed by atoms with Crippen LogP contribution in [0.1, 0.15) is 182 Å². The first-order chi connectivity index (χ1) is 27.6. The molecule has 5 nitrogen and oxygen atoms in total. The van der Waals surface area contributed by atoms with E-state index in [4.69, 9.17) is 18.0 Å². The maximum absolute atomic E-state index is 11.9. The summed E-state index contributed by atoms with van der Waals surface area (Å²) in [4.78, 5) is 11.9. The number of methoxy groups -OCH3 is 1. The molecule has 0 radical (unpaired) electrons. The van der Waals surface area contributed by atoms with Crippen molar-refractivity contribution in [3.63, 3.8) is 0 Å². The molecule has 0 N–H and O–H groups in total. The number of unbranched alkanes of at least 4 members (excludes halogenated alkanes) is 1. The van der Waals surface area contributed by atoms with Gasteiger partial charge in [-0.25, -0.2) is 0 Å². The van der Waals surface area contributed by atoms with Gasteiger partial charge in [0.25, 0.3) is 0 Å². The van der Waals surface area contributed by atoms with Crippen molar-refractivity contribution in [1.29, 1.82) is 0 Å². The molecule has 1 aliphatic rings. The molecule has 0 spiro atoms. The van der Waals surface area contributed by atoms with E-state index in [0.29, 0.717) is 68.1 Å². The summed E-state index contributed by atoms with van der Waals surface area (Å²) in [5.41, 5.74) is 6.11. The molecule has 1 aromatic carbocycles. The number of esters is 1. The van der Waals surface area contributed by atoms with Gasteiger partial charge in [0.2, 0.25) is 25.0 Å². The van der Waals surface area contributed by atoms with E-state index in [2.05, 4.69) is 167 Å². The Kier molecular flexibility index (Phi) is 22.7. The Bertz CT molecular complexity index is 1290. The summed E-state index contributed by atoms with van der Waals surface area (Å²) in [5, 5.41) is 0. The van der Waals surface area contributed by atoms with Gasteiger partial charge in [0.1, 0.15) is 0 Å². The molecular weight excluding hydrogens is 777 g/mol. The quantitative estimate of drug-likeness (QED) is 0.0381. The Morgan fingerprint density at radius 1 is 0.610 bits per heavy atom. The van der Waals surface area contributed by atoms with Crippen molar-refractivity contribution in [2.24, 2.45) is 11.8 Å². The first kappa shape index (κ1) is 54.1. The van der Waals surface area contributed by atoms with E-state index in [9.17, 15) is 4.79 Å². The average molecular weight is 874 g/mol. The van der Waals surface area contributed by atoms with Gasteiger partial charge in [-0.2, -0.15) is 0 Å². The molecule has 1 saturated carbocycles. The average Bonchev–Trinajstić information content (AvgIpc) is 3.47. The number of carbonyl (C=O) groups excluding carboxylic acids is 1. The third kappa shape index (κ3) is 13.5. The molecule has 0 bridgehead atoms. The zero-order valence-corrected chi connectivity index (χ0v) is 45.0. The summed E-state index contributed by atoms with van der Waals surface area (Å²) in [5.74, 6) is 0.601. The number of benzene rings is 1. The second-order valence-electron chi connectivity index (χ2n) is 21.3. The lowest BCUT2D eigenvalue weighted by atomic mass is 9.85. The maximum atomic E-state index is 11.9. The van der Waals surface area contributed by atoms with E-state index in [1.165, 1.54) is 12.7 Å². The fraction of sp³-hybridized carbons (Fsp3) is 0.824. The molecule has 5 atom stereocenters. The van der Waals surface area contributed by atoms with Gasteiger partial charge in [-0.15, -0.1) is 0 Å². The first-order valence-electron chi connectivity index (χ1n) is 24.3. The highest BCUT2D eigenvalue weighted by Gasteiger charge is 2.55. The Hall–Kier alpha value is -1.04. The van der Waals surface area contributed by atoms with Crippen molar-refractivity contribution in [2.45, 2.75) is 251 Å². The summed E-state index contributed by atoms with van der Waals surface area (Å²) in [6.07, 6.45) is 13.6. The lowest BCUT2D eigenvalue weighted by molar-refractivity contribution is -0.140. The molecule has 0 aromatic heterocycles. The predicted molar refractivity (Wildman–Crippen MR) is 263 cm³/mol. The molecule has 1 aliphatic carbocycles. The van der Waals surface area contributed by atoms with Crippen LogP contribution >= 0.6 is 0 Å². The molecule has 342 valence electrons. The lowest BCUT2D eigenvalue weighted by Crippen LogP contribution is -2.51. The van der Waals surface area contributed by atoms with E-state index < -0.39 is 25.0 Å². The molecule has 1 fully saturated rings. The van der Waals surface area contributed by atoms with Gasteiger partial charge >= 0.3 is 5.97 Å². The Labute approximate surface area is 369 Å². The van der Waals surface area contributed by atoms with Gasteiger partial charge in [-0.05, 0) is 119 Å². The second-order valence-corrected chi connectivity index (χ2v) is 37.6. The number of rotatable bonds is 27. The molecule has 1 unspecified atom stereocenters. The standard InChI is InChI=1S/C51H96O5Si3/c1-36(2)57(37(3)4,38(5)6)54-46(32-31-45-27-23-22-24-28-45)33-34-48-47(29-25-20-21-26-30-51(52)53-19)49(55-58(39(7)8,40(9)10)41(11)12)35-50(48)56-59(42(13)14,43(15)16)44(17)18/h20,22-25,27-28,36-44,46-50H,21,26,29-35H2,1-19H3/t46?,47-,48-,49+,50-/m1/s1. The fourth-order valence-electron chi connectivity index (χ4n) is 12.6. The van der Waals surface area contributed by atoms with Crippen LogP contribution in [0.3, 0.4) is 0 Å². The van der Waals surface area contributed by atoms with Crippen LogP contribution in [0.25, 0.3) is 0 Å². The van der Waals surface area contributed by atoms with Crippen LogP contribution in [0.2, 0.25) is 49.9 Å². The first-order valence-corrected chi connectivity index (χ1v) is 30.8. The minimum absolute atomic E-state index is 0.128. The molecule has 0 saturated heterocycles. The van der Waals surface area contributed by atoms with Gasteiger partial charge < -0.3 is 18.0 Å². The van der Waals surface area contributed by atoms with E-state index in [-0.39, 0.29) is 24.3 Å². The van der Waals surface area contributed by atoms with Crippen molar-refractivity contribution in [2.75, 3.05) is 7.11 Å². The summed E-state index contributed by atoms with van der Waals surface area (Å²) >= 11 is 0. The Morgan fingerprint density at radius 2 is 1.05 bits per heavy atom. The Balaban J connectivity index is 2.78. The number of allylic oxidation sites excluding steroid dienone is 2. The molecule has 1 aromatic rings. The van der Waals surface area contributed by atoms with E-state index in [1.807, 2.05) is 0 Å². The third-order valence-electron chi connectivity index (χ3n) is 15.1. The summed E-state index contributed by atoms with van der Waals surface area (Å²) < 4.78 is 28.6. The molecule has 0 aliphatic heterocycles. The highest BCUT2D eigenvalue weighted by atomic mass is 28.4. The zero-order chi connectivity index (χ0) is 44.9. The Morgan fingerprint density at radius 3 is 1.47 bits per heavy atom. The van der Waals surface area contributed by atoms with Crippen molar-refractivity contribution >= 4 is 30.9 Å². The maximum Gasteiger partial charge on any atom is 0.305 e. The van der Waals surface area contributed by atoms with Crippen molar-refractivity contribution < 1.29 is 22.8 Å². The van der Waals surface area contributed by atoms with Crippen LogP contribution in [0.5, 0.6) is 0 Å². The fourth-order valence-corrected chi connectivity index (χ4v) is 29.5. The smallest absolute Gasteiger partial charge is 0.305 e. The van der Waals surface area contributed by atoms with Gasteiger partial charge in [-0.1, -0.05) is 167 Å². The largest absolute Gasteiger partial charge is 0.469 e. The van der Waals surface area contributed by atoms with Crippen molar-refractivity contribution in [3.8, 4) is 0 Å². The normalized spacial score (nSPS) is 20.4. The minimum atomic E-state index is -2.21. The highest BCUT2D eigenvalue weighted by Crippen LogP contribution is 2.53. The second kappa shape index (κ2) is 24.7. The molecule has 2 rings (SSSR count). The minimum Gasteiger partial charge on any atom is -0.469 e. The molecule has 8 heteroatoms. The molecule has 59 heavy (non-hydrogen) atoms. The summed E-state index contributed by atoms with van der Waals surface area (Å²) in [6.45, 7) is 43.8. The molecule has 0 amide bonds. The molecular formula is C51H96O5Si3. The van der Waals surface area contributed by atoms with E-state index in [1.54, 1.807) is 0 Å². The third-order valence-corrected chi connectivity index (χ3v) is 33.6. The van der Waals surface area contributed by atoms with Crippen molar-refractivity contribution in [3.05, 3.63) is 48.0 Å². The van der Waals surface area contributed by atoms with Gasteiger partial charge in [0.05, 0.1) is 19.3 Å². The number of hydrogen-bond donors (Lipinski definition) is 0. The lowest BCUT2D eigenvalue weighted by Gasteiger charge is -2.46. The number of aryl methyl sites for hydroxylation is 1. The van der Waals surface area contributed by atoms with E-state index >= 15 is 0 Å². The van der Waals surface area contributed by atoms with Crippen LogP contribution in [0.15, 0.2) is 42.5 Å². The predicted octanol–water partition coefficient (Wildman–Crippen LogP) is 16.0.